The summed E-state index contributed by atoms with van der Waals surface area (Å²) in [7, 11) is 1.75. The monoisotopic (exact) mass is 366 g/mol. The van der Waals surface area contributed by atoms with Gasteiger partial charge >= 0.3 is 5.97 Å². The summed E-state index contributed by atoms with van der Waals surface area (Å²) >= 11 is 0. The summed E-state index contributed by atoms with van der Waals surface area (Å²) in [4.78, 5) is 37.1. The van der Waals surface area contributed by atoms with Crippen molar-refractivity contribution >= 4 is 17.7 Å². The van der Waals surface area contributed by atoms with Crippen LogP contribution in [0.2, 0.25) is 0 Å². The molecule has 0 aliphatic carbocycles. The second kappa shape index (κ2) is 10.0. The topological polar surface area (TPSA) is 75.7 Å². The van der Waals surface area contributed by atoms with Gasteiger partial charge in [-0.15, -0.1) is 0 Å². The molecule has 0 aliphatic rings. The third kappa shape index (κ3) is 6.52. The number of ketones is 1. The Morgan fingerprint density at radius 3 is 2.30 bits per heavy atom. The first kappa shape index (κ1) is 20.1. The van der Waals surface area contributed by atoms with Crippen molar-refractivity contribution in [1.82, 2.24) is 10.2 Å². The molecule has 1 N–H and O–H groups in total. The fourth-order valence-corrected chi connectivity index (χ4v) is 2.34. The van der Waals surface area contributed by atoms with Crippen molar-refractivity contribution in [1.29, 1.82) is 0 Å². The fourth-order valence-electron chi connectivity index (χ4n) is 2.34. The average molecular weight is 366 g/mol. The summed E-state index contributed by atoms with van der Waals surface area (Å²) in [6, 6.07) is 15.4. The lowest BCUT2D eigenvalue weighted by Gasteiger charge is -2.15. The van der Waals surface area contributed by atoms with Gasteiger partial charge in [-0.3, -0.25) is 19.3 Å². The van der Waals surface area contributed by atoms with Gasteiger partial charge in [0.25, 0.3) is 0 Å². The molecule has 140 valence electrons. The largest absolute Gasteiger partial charge is 0.426 e. The molecule has 0 saturated heterocycles. The molecule has 6 nitrogen and oxygen atoms in total. The van der Waals surface area contributed by atoms with E-state index in [1.807, 2.05) is 18.2 Å². The zero-order valence-electron chi connectivity index (χ0n) is 15.2. The minimum atomic E-state index is -0.422. The van der Waals surface area contributed by atoms with Gasteiger partial charge in [0.2, 0.25) is 5.91 Å². The number of likely N-dealkylation sites (N-methyl/N-ethyl adjacent to an activating group) is 1. The molecule has 0 aliphatic heterocycles. The van der Waals surface area contributed by atoms with E-state index in [9.17, 15) is 14.4 Å². The number of hydrogen-bond acceptors (Lipinski definition) is 5. The number of ether oxygens (including phenoxy) is 1. The van der Waals surface area contributed by atoms with Crippen molar-refractivity contribution in [2.75, 3.05) is 26.7 Å². The van der Waals surface area contributed by atoms with Gasteiger partial charge in [0.15, 0.2) is 5.78 Å². The molecule has 1 amide bonds. The molecule has 6 heteroatoms. The van der Waals surface area contributed by atoms with Gasteiger partial charge in [0, 0.05) is 24.2 Å². The summed E-state index contributed by atoms with van der Waals surface area (Å²) in [6.07, 6.45) is 1.19. The summed E-state index contributed by atoms with van der Waals surface area (Å²) in [5.74, 6) is -0.390. The molecule has 0 fully saturated rings. The summed E-state index contributed by atoms with van der Waals surface area (Å²) in [5.41, 5.74) is 1.13. The first-order valence-electron chi connectivity index (χ1n) is 8.49. The van der Waals surface area contributed by atoms with Gasteiger partial charge in [-0.2, -0.15) is 0 Å². The standard InChI is InChI=1S/C21H22N2O4/c1-3-19(24)22-13-14-23(2)15-20(25)27-18-11-9-17(10-12-18)21(26)16-7-5-4-6-8-16/h3-12H,1,13-15H2,2H3,(H,22,24). The van der Waals surface area contributed by atoms with Crippen molar-refractivity contribution < 1.29 is 19.1 Å². The number of carbonyl (C=O) groups is 3. The molecule has 2 aromatic rings. The van der Waals surface area contributed by atoms with Crippen LogP contribution in [0.4, 0.5) is 0 Å². The highest BCUT2D eigenvalue weighted by Crippen LogP contribution is 2.15. The summed E-state index contributed by atoms with van der Waals surface area (Å²) in [5, 5.41) is 2.63. The number of carbonyl (C=O) groups excluding carboxylic acids is 3. The van der Waals surface area contributed by atoms with Crippen LogP contribution in [-0.2, 0) is 9.59 Å². The SMILES string of the molecule is C=CC(=O)NCCN(C)CC(=O)Oc1ccc(C(=O)c2ccccc2)cc1. The van der Waals surface area contributed by atoms with Crippen molar-refractivity contribution in [2.24, 2.45) is 0 Å². The van der Waals surface area contributed by atoms with Gasteiger partial charge in [0.05, 0.1) is 6.54 Å². The molecule has 2 aromatic carbocycles. The van der Waals surface area contributed by atoms with E-state index in [1.54, 1.807) is 48.3 Å². The Hall–Kier alpha value is -3.25. The number of amides is 1. The van der Waals surface area contributed by atoms with Gasteiger partial charge in [-0.1, -0.05) is 36.9 Å². The molecule has 0 radical (unpaired) electrons. The Bertz CT molecular complexity index is 801. The van der Waals surface area contributed by atoms with Crippen LogP contribution >= 0.6 is 0 Å². The van der Waals surface area contributed by atoms with E-state index in [0.29, 0.717) is 30.0 Å². The minimum Gasteiger partial charge on any atom is -0.426 e. The molecule has 27 heavy (non-hydrogen) atoms. The lowest BCUT2D eigenvalue weighted by atomic mass is 10.0. The number of benzene rings is 2. The predicted octanol–water partition coefficient (Wildman–Crippen LogP) is 2.06. The summed E-state index contributed by atoms with van der Waals surface area (Å²) in [6.45, 7) is 4.35. The highest BCUT2D eigenvalue weighted by molar-refractivity contribution is 6.09. The van der Waals surface area contributed by atoms with Crippen LogP contribution in [0.3, 0.4) is 0 Å². The smallest absolute Gasteiger partial charge is 0.325 e. The molecule has 0 unspecified atom stereocenters. The molecule has 0 atom stereocenters. The van der Waals surface area contributed by atoms with Gasteiger partial charge in [-0.05, 0) is 37.4 Å². The Labute approximate surface area is 158 Å². The van der Waals surface area contributed by atoms with Crippen molar-refractivity contribution in [3.05, 3.63) is 78.4 Å². The van der Waals surface area contributed by atoms with Crippen molar-refractivity contribution in [2.45, 2.75) is 0 Å². The first-order valence-corrected chi connectivity index (χ1v) is 8.49. The van der Waals surface area contributed by atoms with Gasteiger partial charge < -0.3 is 10.1 Å². The highest BCUT2D eigenvalue weighted by atomic mass is 16.5. The number of rotatable bonds is 9. The van der Waals surface area contributed by atoms with Crippen LogP contribution in [0.5, 0.6) is 5.75 Å². The zero-order valence-corrected chi connectivity index (χ0v) is 15.2. The van der Waals surface area contributed by atoms with Crippen LogP contribution in [-0.4, -0.2) is 49.2 Å². The number of hydrogen-bond donors (Lipinski definition) is 1. The molecule has 0 bridgehead atoms. The Balaban J connectivity index is 1.83. The molecule has 0 spiro atoms. The first-order chi connectivity index (χ1) is 13.0. The molecule has 0 heterocycles. The second-order valence-corrected chi connectivity index (χ2v) is 5.93. The van der Waals surface area contributed by atoms with Crippen LogP contribution in [0.15, 0.2) is 67.3 Å². The molecular weight excluding hydrogens is 344 g/mol. The van der Waals surface area contributed by atoms with Gasteiger partial charge in [0.1, 0.15) is 5.75 Å². The van der Waals surface area contributed by atoms with Crippen LogP contribution in [0.1, 0.15) is 15.9 Å². The van der Waals surface area contributed by atoms with E-state index in [2.05, 4.69) is 11.9 Å². The maximum absolute atomic E-state index is 12.3. The average Bonchev–Trinajstić information content (AvgIpc) is 2.68. The molecule has 0 aromatic heterocycles. The van der Waals surface area contributed by atoms with Crippen LogP contribution < -0.4 is 10.1 Å². The van der Waals surface area contributed by atoms with E-state index in [-0.39, 0.29) is 18.2 Å². The Kier molecular flexibility index (Phi) is 7.46. The minimum absolute atomic E-state index is 0.0780. The number of nitrogens with zero attached hydrogens (tertiary/aromatic N) is 1. The molecular formula is C21H22N2O4. The lowest BCUT2D eigenvalue weighted by Crippen LogP contribution is -2.36. The van der Waals surface area contributed by atoms with E-state index in [4.69, 9.17) is 4.74 Å². The Morgan fingerprint density at radius 2 is 1.67 bits per heavy atom. The number of esters is 1. The highest BCUT2D eigenvalue weighted by Gasteiger charge is 2.11. The number of nitrogens with one attached hydrogen (secondary N) is 1. The second-order valence-electron chi connectivity index (χ2n) is 5.93. The third-order valence-corrected chi connectivity index (χ3v) is 3.76. The lowest BCUT2D eigenvalue weighted by molar-refractivity contribution is -0.135. The van der Waals surface area contributed by atoms with Crippen LogP contribution in [0.25, 0.3) is 0 Å². The zero-order chi connectivity index (χ0) is 19.6. The fraction of sp³-hybridized carbons (Fsp3) is 0.190. The third-order valence-electron chi connectivity index (χ3n) is 3.76. The van der Waals surface area contributed by atoms with Crippen molar-refractivity contribution in [3.8, 4) is 5.75 Å². The predicted molar refractivity (Wildman–Crippen MR) is 103 cm³/mol. The van der Waals surface area contributed by atoms with E-state index < -0.39 is 5.97 Å². The quantitative estimate of drug-likeness (QED) is 0.318. The van der Waals surface area contributed by atoms with E-state index in [1.165, 1.54) is 6.08 Å². The summed E-state index contributed by atoms with van der Waals surface area (Å²) < 4.78 is 5.28. The normalized spacial score (nSPS) is 10.3. The van der Waals surface area contributed by atoms with Crippen molar-refractivity contribution in [3.63, 3.8) is 0 Å². The maximum atomic E-state index is 12.3. The van der Waals surface area contributed by atoms with E-state index in [0.717, 1.165) is 0 Å². The maximum Gasteiger partial charge on any atom is 0.325 e. The van der Waals surface area contributed by atoms with Crippen LogP contribution in [0, 0.1) is 0 Å². The Morgan fingerprint density at radius 1 is 1.04 bits per heavy atom. The van der Waals surface area contributed by atoms with Gasteiger partial charge in [-0.25, -0.2) is 0 Å². The molecule has 2 rings (SSSR count). The van der Waals surface area contributed by atoms with E-state index >= 15 is 0 Å². The molecule has 0 saturated carbocycles.